The van der Waals surface area contributed by atoms with Gasteiger partial charge in [-0.05, 0) is 35.6 Å². The van der Waals surface area contributed by atoms with E-state index in [1.165, 1.54) is 0 Å². The van der Waals surface area contributed by atoms with Crippen molar-refractivity contribution >= 4 is 22.6 Å². The normalized spacial score (nSPS) is 9.92. The fraction of sp³-hybridized carbons (Fsp3) is 0.375. The van der Waals surface area contributed by atoms with Crippen LogP contribution in [-0.2, 0) is 0 Å². The summed E-state index contributed by atoms with van der Waals surface area (Å²) in [5.74, 6) is 0.651. The van der Waals surface area contributed by atoms with E-state index >= 15 is 0 Å². The third-order valence-electron chi connectivity index (χ3n) is 1.36. The number of aryl methyl sites for hydroxylation is 1. The van der Waals surface area contributed by atoms with Crippen LogP contribution in [0.3, 0.4) is 0 Å². The highest BCUT2D eigenvalue weighted by Crippen LogP contribution is 2.13. The number of pyridine rings is 1. The smallest absolute Gasteiger partial charge is 0.213 e. The molecule has 3 nitrogen and oxygen atoms in total. The Bertz CT molecular complexity index is 265. The highest BCUT2D eigenvalue weighted by Gasteiger charge is 1.98. The van der Waals surface area contributed by atoms with Crippen LogP contribution in [0.4, 0.5) is 0 Å². The van der Waals surface area contributed by atoms with E-state index in [0.717, 1.165) is 9.26 Å². The van der Waals surface area contributed by atoms with Crippen LogP contribution >= 0.6 is 22.6 Å². The zero-order valence-corrected chi connectivity index (χ0v) is 9.04. The van der Waals surface area contributed by atoms with Gasteiger partial charge >= 0.3 is 0 Å². The number of halogens is 1. The van der Waals surface area contributed by atoms with Gasteiger partial charge in [0.15, 0.2) is 0 Å². The summed E-state index contributed by atoms with van der Waals surface area (Å²) in [6.07, 6.45) is 0. The average molecular weight is 278 g/mol. The molecule has 0 amide bonds. The molecule has 0 fully saturated rings. The molecule has 0 aliphatic heterocycles. The van der Waals surface area contributed by atoms with E-state index < -0.39 is 0 Å². The van der Waals surface area contributed by atoms with Gasteiger partial charge in [0.05, 0.1) is 5.69 Å². The lowest BCUT2D eigenvalue weighted by molar-refractivity contribution is 0.315. The molecule has 0 aliphatic rings. The van der Waals surface area contributed by atoms with Crippen molar-refractivity contribution in [3.63, 3.8) is 0 Å². The lowest BCUT2D eigenvalue weighted by Gasteiger charge is -2.04. The summed E-state index contributed by atoms with van der Waals surface area (Å²) in [6.45, 7) is 3.00. The zero-order chi connectivity index (χ0) is 8.97. The number of hydrogen-bond acceptors (Lipinski definition) is 3. The predicted molar refractivity (Wildman–Crippen MR) is 56.2 cm³/mol. The van der Waals surface area contributed by atoms with E-state index in [0.29, 0.717) is 19.0 Å². The summed E-state index contributed by atoms with van der Waals surface area (Å²) in [5.41, 5.74) is 6.28. The molecular weight excluding hydrogens is 267 g/mol. The van der Waals surface area contributed by atoms with E-state index in [1.807, 2.05) is 19.1 Å². The van der Waals surface area contributed by atoms with E-state index in [2.05, 4.69) is 27.6 Å². The maximum absolute atomic E-state index is 5.29. The summed E-state index contributed by atoms with van der Waals surface area (Å²) in [7, 11) is 0. The molecule has 0 aromatic carbocycles. The summed E-state index contributed by atoms with van der Waals surface area (Å²) >= 11 is 2.24. The first kappa shape index (κ1) is 9.73. The highest BCUT2D eigenvalue weighted by molar-refractivity contribution is 14.1. The number of ether oxygens (including phenoxy) is 1. The summed E-state index contributed by atoms with van der Waals surface area (Å²) < 4.78 is 6.40. The molecule has 0 spiro atoms. The monoisotopic (exact) mass is 278 g/mol. The van der Waals surface area contributed by atoms with Crippen LogP contribution in [0.2, 0.25) is 0 Å². The fourth-order valence-corrected chi connectivity index (χ4v) is 1.07. The van der Waals surface area contributed by atoms with E-state index in [9.17, 15) is 0 Å². The number of rotatable bonds is 3. The maximum Gasteiger partial charge on any atom is 0.213 e. The second-order valence-corrected chi connectivity index (χ2v) is 3.52. The van der Waals surface area contributed by atoms with Crippen molar-refractivity contribution in [2.24, 2.45) is 5.73 Å². The van der Waals surface area contributed by atoms with Crippen molar-refractivity contribution in [2.45, 2.75) is 6.92 Å². The van der Waals surface area contributed by atoms with E-state index in [1.54, 1.807) is 0 Å². The van der Waals surface area contributed by atoms with E-state index in [4.69, 9.17) is 10.5 Å². The Morgan fingerprint density at radius 3 is 2.92 bits per heavy atom. The summed E-state index contributed by atoms with van der Waals surface area (Å²) in [5, 5.41) is 0. The Balaban J connectivity index is 2.69. The van der Waals surface area contributed by atoms with Gasteiger partial charge in [0.2, 0.25) is 5.88 Å². The van der Waals surface area contributed by atoms with Crippen LogP contribution in [0.25, 0.3) is 0 Å². The minimum atomic E-state index is 0.521. The van der Waals surface area contributed by atoms with Gasteiger partial charge in [-0.1, -0.05) is 0 Å². The molecule has 0 atom stereocenters. The first-order valence-electron chi connectivity index (χ1n) is 3.70. The number of nitrogens with two attached hydrogens (primary N) is 1. The molecular formula is C8H11IN2O. The maximum atomic E-state index is 5.29. The molecule has 2 N–H and O–H groups in total. The third kappa shape index (κ3) is 2.60. The molecule has 0 saturated heterocycles. The first-order chi connectivity index (χ1) is 5.74. The van der Waals surface area contributed by atoms with Crippen LogP contribution in [-0.4, -0.2) is 18.1 Å². The van der Waals surface area contributed by atoms with Gasteiger partial charge < -0.3 is 10.5 Å². The molecule has 12 heavy (non-hydrogen) atoms. The molecule has 0 aliphatic carbocycles. The van der Waals surface area contributed by atoms with Crippen molar-refractivity contribution in [3.05, 3.63) is 21.4 Å². The Hall–Kier alpha value is -0.360. The van der Waals surface area contributed by atoms with Crippen LogP contribution in [0.15, 0.2) is 12.1 Å². The van der Waals surface area contributed by atoms with Crippen molar-refractivity contribution < 1.29 is 4.74 Å². The van der Waals surface area contributed by atoms with E-state index in [-0.39, 0.29) is 0 Å². The van der Waals surface area contributed by atoms with Gasteiger partial charge in [0, 0.05) is 16.2 Å². The first-order valence-corrected chi connectivity index (χ1v) is 4.78. The van der Waals surface area contributed by atoms with Gasteiger partial charge in [0.1, 0.15) is 6.61 Å². The van der Waals surface area contributed by atoms with Crippen molar-refractivity contribution in [2.75, 3.05) is 13.2 Å². The topological polar surface area (TPSA) is 48.1 Å². The molecule has 1 rings (SSSR count). The number of nitrogens with zero attached hydrogens (tertiary/aromatic N) is 1. The average Bonchev–Trinajstić information content (AvgIpc) is 2.07. The molecule has 0 radical (unpaired) electrons. The molecule has 0 bridgehead atoms. The van der Waals surface area contributed by atoms with Crippen LogP contribution in [0.5, 0.6) is 5.88 Å². The molecule has 1 aromatic heterocycles. The van der Waals surface area contributed by atoms with Crippen LogP contribution in [0.1, 0.15) is 5.69 Å². The SMILES string of the molecule is Cc1nc(OCCN)ccc1I. The molecule has 0 saturated carbocycles. The molecule has 1 heterocycles. The van der Waals surface area contributed by atoms with Crippen LogP contribution < -0.4 is 10.5 Å². The van der Waals surface area contributed by atoms with Gasteiger partial charge in [-0.25, -0.2) is 4.98 Å². The molecule has 4 heteroatoms. The fourth-order valence-electron chi connectivity index (χ4n) is 0.765. The van der Waals surface area contributed by atoms with Gasteiger partial charge in [-0.3, -0.25) is 0 Å². The Morgan fingerprint density at radius 2 is 2.33 bits per heavy atom. The Labute approximate surface area is 85.5 Å². The largest absolute Gasteiger partial charge is 0.476 e. The molecule has 0 unspecified atom stereocenters. The third-order valence-corrected chi connectivity index (χ3v) is 2.50. The lowest BCUT2D eigenvalue weighted by Crippen LogP contribution is -2.11. The van der Waals surface area contributed by atoms with Crippen molar-refractivity contribution in [3.8, 4) is 5.88 Å². The van der Waals surface area contributed by atoms with Gasteiger partial charge in [0.25, 0.3) is 0 Å². The minimum Gasteiger partial charge on any atom is -0.476 e. The standard InChI is InChI=1S/C8H11IN2O/c1-6-7(9)2-3-8(11-6)12-5-4-10/h2-3H,4-5,10H2,1H3. The number of hydrogen-bond donors (Lipinski definition) is 1. The molecule has 1 aromatic rings. The minimum absolute atomic E-state index is 0.521. The second kappa shape index (κ2) is 4.61. The second-order valence-electron chi connectivity index (χ2n) is 2.35. The van der Waals surface area contributed by atoms with Crippen molar-refractivity contribution in [1.29, 1.82) is 0 Å². The molecule has 66 valence electrons. The zero-order valence-electron chi connectivity index (χ0n) is 6.88. The van der Waals surface area contributed by atoms with Gasteiger partial charge in [-0.15, -0.1) is 0 Å². The quantitative estimate of drug-likeness (QED) is 0.849. The Morgan fingerprint density at radius 1 is 1.58 bits per heavy atom. The summed E-state index contributed by atoms with van der Waals surface area (Å²) in [4.78, 5) is 4.22. The Kier molecular flexibility index (Phi) is 3.74. The lowest BCUT2D eigenvalue weighted by atomic mass is 10.4. The predicted octanol–water partition coefficient (Wildman–Crippen LogP) is 1.33. The van der Waals surface area contributed by atoms with Gasteiger partial charge in [-0.2, -0.15) is 0 Å². The van der Waals surface area contributed by atoms with Crippen molar-refractivity contribution in [1.82, 2.24) is 4.98 Å². The summed E-state index contributed by atoms with van der Waals surface area (Å²) in [6, 6.07) is 3.83. The number of aromatic nitrogens is 1. The highest BCUT2D eigenvalue weighted by atomic mass is 127. The van der Waals surface area contributed by atoms with Crippen LogP contribution in [0, 0.1) is 10.5 Å².